The summed E-state index contributed by atoms with van der Waals surface area (Å²) in [6.07, 6.45) is -3.90. The summed E-state index contributed by atoms with van der Waals surface area (Å²) >= 11 is 0. The number of carboxylic acids is 1. The molecule has 1 aromatic rings. The third-order valence-electron chi connectivity index (χ3n) is 3.54. The summed E-state index contributed by atoms with van der Waals surface area (Å²) in [7, 11) is 0. The lowest BCUT2D eigenvalue weighted by molar-refractivity contribution is -0.142. The van der Waals surface area contributed by atoms with Gasteiger partial charge in [-0.3, -0.25) is 4.79 Å². The van der Waals surface area contributed by atoms with Gasteiger partial charge < -0.3 is 15.2 Å². The Kier molecular flexibility index (Phi) is 5.25. The number of nitrogens with one attached hydrogen (secondary N) is 1. The molecule has 8 heteroatoms. The number of rotatable bonds is 7. The van der Waals surface area contributed by atoms with Gasteiger partial charge in [-0.1, -0.05) is 18.2 Å². The van der Waals surface area contributed by atoms with Crippen LogP contribution in [0.5, 0.6) is 0 Å². The molecule has 2 N–H and O–H groups in total. The van der Waals surface area contributed by atoms with E-state index in [0.29, 0.717) is 12.0 Å². The van der Waals surface area contributed by atoms with Gasteiger partial charge in [0.05, 0.1) is 12.2 Å². The van der Waals surface area contributed by atoms with Gasteiger partial charge in [0.1, 0.15) is 6.61 Å². The molecule has 1 aliphatic rings. The number of alkyl halides is 3. The van der Waals surface area contributed by atoms with Crippen LogP contribution in [0.1, 0.15) is 23.5 Å². The number of carbonyl (C=O) groups is 2. The second-order valence-electron chi connectivity index (χ2n) is 5.31. The molecule has 1 amide bonds. The molecule has 0 heterocycles. The van der Waals surface area contributed by atoms with Crippen LogP contribution in [0.3, 0.4) is 0 Å². The van der Waals surface area contributed by atoms with Crippen molar-refractivity contribution in [3.8, 4) is 0 Å². The normalized spacial score (nSPS) is 20.1. The Morgan fingerprint density at radius 1 is 1.35 bits per heavy atom. The Hall–Kier alpha value is -2.09. The van der Waals surface area contributed by atoms with Crippen molar-refractivity contribution in [1.82, 2.24) is 5.32 Å². The predicted molar refractivity (Wildman–Crippen MR) is 73.8 cm³/mol. The fraction of sp³-hybridized carbons (Fsp3) is 0.467. The first kappa shape index (κ1) is 17.3. The lowest BCUT2D eigenvalue weighted by Gasteiger charge is -2.09. The first-order valence-electron chi connectivity index (χ1n) is 7.03. The average molecular weight is 331 g/mol. The van der Waals surface area contributed by atoms with E-state index < -0.39 is 24.3 Å². The molecule has 1 fully saturated rings. The minimum atomic E-state index is -4.40. The van der Waals surface area contributed by atoms with Gasteiger partial charge in [0, 0.05) is 12.5 Å². The Balaban J connectivity index is 1.80. The molecule has 0 aromatic heterocycles. The Morgan fingerprint density at radius 3 is 2.74 bits per heavy atom. The lowest BCUT2D eigenvalue weighted by Crippen LogP contribution is -2.29. The summed E-state index contributed by atoms with van der Waals surface area (Å²) in [5.41, 5.74) is -0.217. The standard InChI is InChI=1S/C15H16F3NO4/c16-15(17,18)10-3-1-2-9(6-10)11-7-12(11)14(22)19-4-5-23-8-13(20)21/h1-3,6,11-12H,4-5,7-8H2,(H,19,22)(H,20,21). The van der Waals surface area contributed by atoms with Crippen LogP contribution < -0.4 is 5.32 Å². The maximum Gasteiger partial charge on any atom is 0.416 e. The Morgan fingerprint density at radius 2 is 2.09 bits per heavy atom. The predicted octanol–water partition coefficient (Wildman–Crippen LogP) is 2.03. The van der Waals surface area contributed by atoms with E-state index >= 15 is 0 Å². The zero-order valence-electron chi connectivity index (χ0n) is 12.1. The van der Waals surface area contributed by atoms with Gasteiger partial charge in [0.25, 0.3) is 0 Å². The number of benzene rings is 1. The zero-order valence-corrected chi connectivity index (χ0v) is 12.1. The zero-order chi connectivity index (χ0) is 17.0. The molecule has 23 heavy (non-hydrogen) atoms. The van der Waals surface area contributed by atoms with Crippen molar-refractivity contribution in [1.29, 1.82) is 0 Å². The van der Waals surface area contributed by atoms with Gasteiger partial charge in [0.2, 0.25) is 5.91 Å². The van der Waals surface area contributed by atoms with E-state index in [2.05, 4.69) is 5.32 Å². The van der Waals surface area contributed by atoms with Gasteiger partial charge >= 0.3 is 12.1 Å². The smallest absolute Gasteiger partial charge is 0.416 e. The maximum absolute atomic E-state index is 12.7. The number of carboxylic acid groups (broad SMARTS) is 1. The summed E-state index contributed by atoms with van der Waals surface area (Å²) in [5, 5.41) is 11.0. The molecular formula is C15H16F3NO4. The molecule has 0 radical (unpaired) electrons. The SMILES string of the molecule is O=C(O)COCCNC(=O)C1CC1c1cccc(C(F)(F)F)c1. The second kappa shape index (κ2) is 6.99. The van der Waals surface area contributed by atoms with Crippen LogP contribution in [0.25, 0.3) is 0 Å². The molecule has 2 unspecified atom stereocenters. The van der Waals surface area contributed by atoms with Crippen molar-refractivity contribution >= 4 is 11.9 Å². The minimum absolute atomic E-state index is 0.0684. The van der Waals surface area contributed by atoms with Crippen molar-refractivity contribution in [3.05, 3.63) is 35.4 Å². The number of halogens is 3. The highest BCUT2D eigenvalue weighted by Gasteiger charge is 2.44. The van der Waals surface area contributed by atoms with Gasteiger partial charge in [-0.2, -0.15) is 13.2 Å². The molecule has 1 aromatic carbocycles. The number of hydrogen-bond acceptors (Lipinski definition) is 3. The monoisotopic (exact) mass is 331 g/mol. The van der Waals surface area contributed by atoms with Gasteiger partial charge in [-0.25, -0.2) is 4.79 Å². The molecule has 2 rings (SSSR count). The molecule has 126 valence electrons. The van der Waals surface area contributed by atoms with E-state index in [1.807, 2.05) is 0 Å². The van der Waals surface area contributed by atoms with Crippen LogP contribution in [-0.4, -0.2) is 36.7 Å². The van der Waals surface area contributed by atoms with Crippen LogP contribution in [-0.2, 0) is 20.5 Å². The van der Waals surface area contributed by atoms with Gasteiger partial charge in [-0.05, 0) is 24.0 Å². The molecule has 1 saturated carbocycles. The highest BCUT2D eigenvalue weighted by Crippen LogP contribution is 2.48. The maximum atomic E-state index is 12.7. The van der Waals surface area contributed by atoms with Crippen molar-refractivity contribution in [2.24, 2.45) is 5.92 Å². The highest BCUT2D eigenvalue weighted by atomic mass is 19.4. The van der Waals surface area contributed by atoms with Crippen LogP contribution >= 0.6 is 0 Å². The summed E-state index contributed by atoms with van der Waals surface area (Å²) in [6.45, 7) is -0.205. The van der Waals surface area contributed by atoms with Crippen LogP contribution in [0.4, 0.5) is 13.2 Å². The first-order valence-corrected chi connectivity index (χ1v) is 7.03. The van der Waals surface area contributed by atoms with Crippen LogP contribution in [0.2, 0.25) is 0 Å². The molecular weight excluding hydrogens is 315 g/mol. The molecule has 2 atom stereocenters. The van der Waals surface area contributed by atoms with Crippen LogP contribution in [0.15, 0.2) is 24.3 Å². The van der Waals surface area contributed by atoms with E-state index in [9.17, 15) is 22.8 Å². The molecule has 0 saturated heterocycles. The number of aliphatic carboxylic acids is 1. The third kappa shape index (κ3) is 4.95. The number of amides is 1. The van der Waals surface area contributed by atoms with Crippen molar-refractivity contribution < 1.29 is 32.6 Å². The van der Waals surface area contributed by atoms with Crippen molar-refractivity contribution in [2.75, 3.05) is 19.8 Å². The molecule has 0 aliphatic heterocycles. The summed E-state index contributed by atoms with van der Waals surface area (Å²) < 4.78 is 42.8. The Bertz CT molecular complexity index is 588. The quantitative estimate of drug-likeness (QED) is 0.750. The molecule has 0 bridgehead atoms. The summed E-state index contributed by atoms with van der Waals surface area (Å²) in [4.78, 5) is 22.1. The summed E-state index contributed by atoms with van der Waals surface area (Å²) in [5.74, 6) is -1.91. The fourth-order valence-corrected chi connectivity index (χ4v) is 2.34. The first-order chi connectivity index (χ1) is 10.8. The average Bonchev–Trinajstić information content (AvgIpc) is 3.26. The van der Waals surface area contributed by atoms with E-state index in [1.165, 1.54) is 6.07 Å². The van der Waals surface area contributed by atoms with Gasteiger partial charge in [0.15, 0.2) is 0 Å². The molecule has 5 nitrogen and oxygen atoms in total. The largest absolute Gasteiger partial charge is 0.480 e. The Labute approximate surface area is 130 Å². The minimum Gasteiger partial charge on any atom is -0.480 e. The van der Waals surface area contributed by atoms with Crippen LogP contribution in [0, 0.1) is 5.92 Å². The van der Waals surface area contributed by atoms with E-state index in [1.54, 1.807) is 6.07 Å². The summed E-state index contributed by atoms with van der Waals surface area (Å²) in [6, 6.07) is 5.00. The number of hydrogen-bond donors (Lipinski definition) is 2. The number of carbonyl (C=O) groups excluding carboxylic acids is 1. The molecule has 0 spiro atoms. The number of ether oxygens (including phenoxy) is 1. The van der Waals surface area contributed by atoms with E-state index in [0.717, 1.165) is 12.1 Å². The molecule has 1 aliphatic carbocycles. The van der Waals surface area contributed by atoms with E-state index in [4.69, 9.17) is 9.84 Å². The lowest BCUT2D eigenvalue weighted by atomic mass is 10.1. The third-order valence-corrected chi connectivity index (χ3v) is 3.54. The topological polar surface area (TPSA) is 75.6 Å². The van der Waals surface area contributed by atoms with Crippen molar-refractivity contribution in [3.63, 3.8) is 0 Å². The fourth-order valence-electron chi connectivity index (χ4n) is 2.34. The van der Waals surface area contributed by atoms with Gasteiger partial charge in [-0.15, -0.1) is 0 Å². The highest BCUT2D eigenvalue weighted by molar-refractivity contribution is 5.82. The second-order valence-corrected chi connectivity index (χ2v) is 5.31. The van der Waals surface area contributed by atoms with E-state index in [-0.39, 0.29) is 30.9 Å². The van der Waals surface area contributed by atoms with Crippen molar-refractivity contribution in [2.45, 2.75) is 18.5 Å².